The Kier molecular flexibility index (Phi) is 6.34. The van der Waals surface area contributed by atoms with Gasteiger partial charge in [0.25, 0.3) is 5.91 Å². The van der Waals surface area contributed by atoms with Crippen molar-refractivity contribution < 1.29 is 17.9 Å². The number of rotatable bonds is 6. The lowest BCUT2D eigenvalue weighted by Crippen LogP contribution is -2.42. The van der Waals surface area contributed by atoms with E-state index in [0.29, 0.717) is 13.1 Å². The largest absolute Gasteiger partial charge is 0.495 e. The van der Waals surface area contributed by atoms with E-state index in [4.69, 9.17) is 4.74 Å². The van der Waals surface area contributed by atoms with E-state index >= 15 is 0 Å². The fourth-order valence-corrected chi connectivity index (χ4v) is 6.29. The maximum atomic E-state index is 13.3. The summed E-state index contributed by atoms with van der Waals surface area (Å²) in [5.74, 6) is 0.969. The van der Waals surface area contributed by atoms with E-state index in [-0.39, 0.29) is 28.2 Å². The van der Waals surface area contributed by atoms with E-state index < -0.39 is 10.0 Å². The van der Waals surface area contributed by atoms with E-state index in [1.54, 1.807) is 12.1 Å². The zero-order chi connectivity index (χ0) is 22.0. The molecular formula is C22H30N4O4S. The Morgan fingerprint density at radius 3 is 2.77 bits per heavy atom. The Morgan fingerprint density at radius 2 is 2.03 bits per heavy atom. The second-order valence-corrected chi connectivity index (χ2v) is 10.2. The fourth-order valence-electron chi connectivity index (χ4n) is 4.40. The van der Waals surface area contributed by atoms with Crippen LogP contribution in [0, 0.1) is 0 Å². The number of imidazole rings is 1. The number of carbonyl (C=O) groups is 1. The quantitative estimate of drug-likeness (QED) is 0.736. The number of fused-ring (bicyclic) bond motifs is 1. The zero-order valence-electron chi connectivity index (χ0n) is 18.1. The third kappa shape index (κ3) is 4.48. The van der Waals surface area contributed by atoms with Crippen LogP contribution >= 0.6 is 0 Å². The number of carbonyl (C=O) groups excluding carboxylic acids is 1. The van der Waals surface area contributed by atoms with Gasteiger partial charge in [-0.1, -0.05) is 6.42 Å². The van der Waals surface area contributed by atoms with Crippen molar-refractivity contribution in [2.75, 3.05) is 13.7 Å². The zero-order valence-corrected chi connectivity index (χ0v) is 19.0. The van der Waals surface area contributed by atoms with E-state index in [0.717, 1.165) is 56.6 Å². The summed E-state index contributed by atoms with van der Waals surface area (Å²) in [6.45, 7) is 3.67. The van der Waals surface area contributed by atoms with Crippen molar-refractivity contribution in [2.45, 2.75) is 69.5 Å². The number of benzene rings is 1. The lowest BCUT2D eigenvalue weighted by Gasteiger charge is -2.32. The fraction of sp³-hybridized carbons (Fsp3) is 0.545. The predicted octanol–water partition coefficient (Wildman–Crippen LogP) is 2.72. The van der Waals surface area contributed by atoms with Crippen LogP contribution in [0.5, 0.6) is 5.75 Å². The Balaban J connectivity index is 1.53. The maximum Gasteiger partial charge on any atom is 0.251 e. The van der Waals surface area contributed by atoms with Crippen molar-refractivity contribution in [3.05, 3.63) is 41.5 Å². The van der Waals surface area contributed by atoms with Gasteiger partial charge in [0.15, 0.2) is 0 Å². The van der Waals surface area contributed by atoms with Gasteiger partial charge in [0.2, 0.25) is 10.0 Å². The van der Waals surface area contributed by atoms with Crippen molar-refractivity contribution in [3.63, 3.8) is 0 Å². The number of nitrogens with zero attached hydrogens (tertiary/aromatic N) is 3. The van der Waals surface area contributed by atoms with Crippen LogP contribution in [0.1, 0.15) is 60.9 Å². The summed E-state index contributed by atoms with van der Waals surface area (Å²) in [4.78, 5) is 17.4. The van der Waals surface area contributed by atoms with Crippen molar-refractivity contribution in [2.24, 2.45) is 0 Å². The molecule has 2 aromatic rings. The number of hydrogen-bond acceptors (Lipinski definition) is 5. The molecule has 1 fully saturated rings. The van der Waals surface area contributed by atoms with Gasteiger partial charge in [0.1, 0.15) is 16.5 Å². The van der Waals surface area contributed by atoms with Gasteiger partial charge in [0, 0.05) is 37.3 Å². The average molecular weight is 447 g/mol. The molecule has 2 aliphatic rings. The number of amides is 1. The molecule has 0 aliphatic carbocycles. The highest BCUT2D eigenvalue weighted by Gasteiger charge is 2.33. The summed E-state index contributed by atoms with van der Waals surface area (Å²) >= 11 is 0. The van der Waals surface area contributed by atoms with Crippen LogP contribution in [0.2, 0.25) is 0 Å². The van der Waals surface area contributed by atoms with Gasteiger partial charge in [-0.25, -0.2) is 13.4 Å². The van der Waals surface area contributed by atoms with Crippen molar-refractivity contribution in [3.8, 4) is 5.75 Å². The summed E-state index contributed by atoms with van der Waals surface area (Å²) in [6.07, 6.45) is 7.91. The molecule has 2 aliphatic heterocycles. The Morgan fingerprint density at radius 1 is 1.23 bits per heavy atom. The van der Waals surface area contributed by atoms with Crippen LogP contribution < -0.4 is 10.1 Å². The molecule has 168 valence electrons. The van der Waals surface area contributed by atoms with Crippen LogP contribution in [-0.2, 0) is 29.5 Å². The molecule has 1 aromatic carbocycles. The highest BCUT2D eigenvalue weighted by molar-refractivity contribution is 7.89. The van der Waals surface area contributed by atoms with Gasteiger partial charge in [-0.05, 0) is 50.8 Å². The highest BCUT2D eigenvalue weighted by Crippen LogP contribution is 2.31. The first kappa shape index (κ1) is 21.8. The van der Waals surface area contributed by atoms with Gasteiger partial charge in [-0.3, -0.25) is 4.79 Å². The number of hydrogen-bond donors (Lipinski definition) is 1. The monoisotopic (exact) mass is 446 g/mol. The second-order valence-electron chi connectivity index (χ2n) is 8.31. The third-order valence-corrected chi connectivity index (χ3v) is 8.18. The first-order chi connectivity index (χ1) is 14.9. The van der Waals surface area contributed by atoms with E-state index in [2.05, 4.69) is 14.9 Å². The van der Waals surface area contributed by atoms with Crippen LogP contribution in [-0.4, -0.2) is 47.9 Å². The molecule has 1 unspecified atom stereocenters. The number of ether oxygens (including phenoxy) is 1. The molecule has 0 spiro atoms. The Hall–Kier alpha value is -2.39. The molecule has 1 saturated heterocycles. The lowest BCUT2D eigenvalue weighted by molar-refractivity contribution is 0.0950. The number of aromatic nitrogens is 2. The number of piperidine rings is 1. The van der Waals surface area contributed by atoms with Crippen LogP contribution in [0.3, 0.4) is 0 Å². The van der Waals surface area contributed by atoms with Crippen molar-refractivity contribution in [1.29, 1.82) is 0 Å². The first-order valence-electron chi connectivity index (χ1n) is 10.9. The standard InChI is InChI=1S/C22H30N4O4S/c1-16-7-3-6-12-26(16)31(28,29)20-13-17(9-10-19(20)30-2)22(27)23-14-18-15-25-11-5-4-8-21(25)24-18/h9-10,13,15-16H,3-8,11-12,14H2,1-2H3,(H,23,27). The Labute approximate surface area is 183 Å². The molecular weight excluding hydrogens is 416 g/mol. The third-order valence-electron chi connectivity index (χ3n) is 6.14. The van der Waals surface area contributed by atoms with E-state index in [9.17, 15) is 13.2 Å². The molecule has 31 heavy (non-hydrogen) atoms. The van der Waals surface area contributed by atoms with E-state index in [1.165, 1.54) is 17.5 Å². The molecule has 4 rings (SSSR count). The summed E-state index contributed by atoms with van der Waals surface area (Å²) in [6, 6.07) is 4.48. The minimum atomic E-state index is -3.77. The van der Waals surface area contributed by atoms with Gasteiger partial charge in [-0.2, -0.15) is 4.31 Å². The maximum absolute atomic E-state index is 13.3. The molecule has 1 atom stereocenters. The highest BCUT2D eigenvalue weighted by atomic mass is 32.2. The predicted molar refractivity (Wildman–Crippen MR) is 117 cm³/mol. The summed E-state index contributed by atoms with van der Waals surface area (Å²) in [5, 5.41) is 2.86. The van der Waals surface area contributed by atoms with Crippen molar-refractivity contribution in [1.82, 2.24) is 19.2 Å². The van der Waals surface area contributed by atoms with Crippen molar-refractivity contribution >= 4 is 15.9 Å². The Bertz CT molecular complexity index is 1040. The number of nitrogens with one attached hydrogen (secondary N) is 1. The van der Waals surface area contributed by atoms with Crippen LogP contribution in [0.4, 0.5) is 0 Å². The van der Waals surface area contributed by atoms with E-state index in [1.807, 2.05) is 13.1 Å². The molecule has 0 radical (unpaired) electrons. The minimum Gasteiger partial charge on any atom is -0.495 e. The lowest BCUT2D eigenvalue weighted by atomic mass is 10.1. The molecule has 1 aromatic heterocycles. The normalized spacial score (nSPS) is 19.6. The van der Waals surface area contributed by atoms with Crippen LogP contribution in [0.15, 0.2) is 29.3 Å². The average Bonchev–Trinajstić information content (AvgIpc) is 3.20. The topological polar surface area (TPSA) is 93.5 Å². The molecule has 0 bridgehead atoms. The van der Waals surface area contributed by atoms with Gasteiger partial charge in [0.05, 0.1) is 19.3 Å². The number of sulfonamides is 1. The van der Waals surface area contributed by atoms with Crippen LogP contribution in [0.25, 0.3) is 0 Å². The smallest absolute Gasteiger partial charge is 0.251 e. The molecule has 0 saturated carbocycles. The summed E-state index contributed by atoms with van der Waals surface area (Å²) in [5.41, 5.74) is 1.10. The summed E-state index contributed by atoms with van der Waals surface area (Å²) < 4.78 is 35.7. The minimum absolute atomic E-state index is 0.0360. The molecule has 1 N–H and O–H groups in total. The van der Waals surface area contributed by atoms with Gasteiger partial charge < -0.3 is 14.6 Å². The second kappa shape index (κ2) is 9.00. The SMILES string of the molecule is COc1ccc(C(=O)NCc2cn3c(n2)CCCC3)cc1S(=O)(=O)N1CCCCC1C. The number of aryl methyl sites for hydroxylation is 2. The molecule has 8 nitrogen and oxygen atoms in total. The van der Waals surface area contributed by atoms with Gasteiger partial charge >= 0.3 is 0 Å². The molecule has 9 heteroatoms. The first-order valence-corrected chi connectivity index (χ1v) is 12.4. The molecule has 1 amide bonds. The van der Waals surface area contributed by atoms with Gasteiger partial charge in [-0.15, -0.1) is 0 Å². The summed E-state index contributed by atoms with van der Waals surface area (Å²) in [7, 11) is -2.33. The number of methoxy groups -OCH3 is 1. The molecule has 3 heterocycles.